The van der Waals surface area contributed by atoms with E-state index in [1.54, 1.807) is 6.07 Å². The zero-order chi connectivity index (χ0) is 8.84. The summed E-state index contributed by atoms with van der Waals surface area (Å²) in [5.74, 6) is 0.399. The monoisotopic (exact) mass is 175 g/mol. The molecule has 0 aromatic heterocycles. The number of aromatic hydroxyl groups is 1. The normalized spacial score (nSPS) is 21.8. The largest absolute Gasteiger partial charge is 0.508 e. The second kappa shape index (κ2) is 2.48. The Kier molecular flexibility index (Phi) is 1.41. The number of hydrogen-bond acceptors (Lipinski definition) is 2. The summed E-state index contributed by atoms with van der Waals surface area (Å²) >= 11 is 0. The van der Waals surface area contributed by atoms with Crippen molar-refractivity contribution < 1.29 is 5.11 Å². The minimum Gasteiger partial charge on any atom is -0.508 e. The molecule has 1 heterocycles. The van der Waals surface area contributed by atoms with Gasteiger partial charge < -0.3 is 5.11 Å². The molecular weight excluding hydrogens is 162 g/mol. The minimum atomic E-state index is 0.399. The second-order valence-corrected chi connectivity index (χ2v) is 4.09. The number of hydrogen-bond donors (Lipinski definition) is 1. The topological polar surface area (TPSA) is 23.5 Å². The molecule has 13 heavy (non-hydrogen) atoms. The van der Waals surface area contributed by atoms with Gasteiger partial charge in [-0.2, -0.15) is 0 Å². The highest BCUT2D eigenvalue weighted by molar-refractivity contribution is 5.37. The molecule has 2 aliphatic rings. The molecule has 2 nitrogen and oxygen atoms in total. The predicted molar refractivity (Wildman–Crippen MR) is 50.4 cm³/mol. The number of phenolic OH excluding ortho intramolecular Hbond substituents is 1. The summed E-state index contributed by atoms with van der Waals surface area (Å²) in [4.78, 5) is 2.50. The van der Waals surface area contributed by atoms with Crippen LogP contribution in [0.15, 0.2) is 18.2 Å². The van der Waals surface area contributed by atoms with Gasteiger partial charge in [-0.25, -0.2) is 0 Å². The fourth-order valence-electron chi connectivity index (χ4n) is 2.11. The smallest absolute Gasteiger partial charge is 0.115 e. The van der Waals surface area contributed by atoms with Crippen molar-refractivity contribution in [3.05, 3.63) is 29.3 Å². The van der Waals surface area contributed by atoms with Crippen LogP contribution in [-0.2, 0) is 13.1 Å². The molecule has 0 radical (unpaired) electrons. The molecule has 1 aromatic carbocycles. The van der Waals surface area contributed by atoms with Gasteiger partial charge in [0, 0.05) is 19.1 Å². The van der Waals surface area contributed by atoms with Gasteiger partial charge in [-0.05, 0) is 36.1 Å². The minimum absolute atomic E-state index is 0.399. The maximum Gasteiger partial charge on any atom is 0.115 e. The molecule has 0 bridgehead atoms. The van der Waals surface area contributed by atoms with E-state index in [0.717, 1.165) is 19.1 Å². The lowest BCUT2D eigenvalue weighted by Gasteiger charge is -2.11. The van der Waals surface area contributed by atoms with Gasteiger partial charge in [0.25, 0.3) is 0 Å². The highest BCUT2D eigenvalue weighted by Crippen LogP contribution is 2.35. The maximum atomic E-state index is 9.32. The van der Waals surface area contributed by atoms with Crippen LogP contribution in [0.3, 0.4) is 0 Å². The summed E-state index contributed by atoms with van der Waals surface area (Å²) in [7, 11) is 0. The van der Waals surface area contributed by atoms with Crippen LogP contribution in [0.1, 0.15) is 24.0 Å². The third-order valence-corrected chi connectivity index (χ3v) is 3.00. The van der Waals surface area contributed by atoms with Crippen LogP contribution in [0.5, 0.6) is 5.75 Å². The summed E-state index contributed by atoms with van der Waals surface area (Å²) in [5.41, 5.74) is 2.71. The third-order valence-electron chi connectivity index (χ3n) is 3.00. The average Bonchev–Trinajstić information content (AvgIpc) is 2.87. The van der Waals surface area contributed by atoms with E-state index in [-0.39, 0.29) is 0 Å². The number of rotatable bonds is 1. The van der Waals surface area contributed by atoms with Gasteiger partial charge in [0.1, 0.15) is 5.75 Å². The molecule has 1 fully saturated rings. The van der Waals surface area contributed by atoms with Gasteiger partial charge in [-0.15, -0.1) is 0 Å². The molecular formula is C11H13NO. The first-order valence-electron chi connectivity index (χ1n) is 4.88. The lowest BCUT2D eigenvalue weighted by atomic mass is 10.1. The van der Waals surface area contributed by atoms with E-state index in [9.17, 15) is 5.11 Å². The van der Waals surface area contributed by atoms with Crippen LogP contribution < -0.4 is 0 Å². The molecule has 1 aliphatic carbocycles. The van der Waals surface area contributed by atoms with Crippen molar-refractivity contribution in [2.75, 3.05) is 0 Å². The Labute approximate surface area is 77.8 Å². The molecule has 1 aliphatic heterocycles. The van der Waals surface area contributed by atoms with Gasteiger partial charge >= 0.3 is 0 Å². The average molecular weight is 175 g/mol. The standard InChI is InChI=1S/C11H13NO/c13-11-4-1-8-6-12(10-2-3-10)7-9(8)5-11/h1,4-5,10,13H,2-3,6-7H2. The lowest BCUT2D eigenvalue weighted by Crippen LogP contribution is -2.18. The Balaban J connectivity index is 1.90. The molecule has 1 aromatic rings. The van der Waals surface area contributed by atoms with Gasteiger partial charge in [0.15, 0.2) is 0 Å². The zero-order valence-corrected chi connectivity index (χ0v) is 7.53. The van der Waals surface area contributed by atoms with E-state index in [0.29, 0.717) is 5.75 Å². The number of phenols is 1. The van der Waals surface area contributed by atoms with Crippen molar-refractivity contribution in [3.63, 3.8) is 0 Å². The zero-order valence-electron chi connectivity index (χ0n) is 7.53. The van der Waals surface area contributed by atoms with E-state index in [1.807, 2.05) is 12.1 Å². The first kappa shape index (κ1) is 7.39. The van der Waals surface area contributed by atoms with E-state index in [2.05, 4.69) is 4.90 Å². The van der Waals surface area contributed by atoms with Crippen LogP contribution in [0, 0.1) is 0 Å². The van der Waals surface area contributed by atoms with Crippen molar-refractivity contribution in [1.82, 2.24) is 4.90 Å². The Morgan fingerprint density at radius 2 is 1.92 bits per heavy atom. The summed E-state index contributed by atoms with van der Waals surface area (Å²) in [5, 5.41) is 9.32. The van der Waals surface area contributed by atoms with Crippen LogP contribution in [0.2, 0.25) is 0 Å². The molecule has 0 saturated heterocycles. The fraction of sp³-hybridized carbons (Fsp3) is 0.455. The Morgan fingerprint density at radius 3 is 2.69 bits per heavy atom. The summed E-state index contributed by atoms with van der Waals surface area (Å²) in [6.45, 7) is 2.12. The third kappa shape index (κ3) is 1.22. The molecule has 0 atom stereocenters. The van der Waals surface area contributed by atoms with E-state index in [1.165, 1.54) is 24.0 Å². The van der Waals surface area contributed by atoms with Crippen molar-refractivity contribution in [2.45, 2.75) is 32.0 Å². The Morgan fingerprint density at radius 1 is 1.15 bits per heavy atom. The van der Waals surface area contributed by atoms with Crippen LogP contribution in [0.4, 0.5) is 0 Å². The number of benzene rings is 1. The van der Waals surface area contributed by atoms with Crippen molar-refractivity contribution >= 4 is 0 Å². The summed E-state index contributed by atoms with van der Waals surface area (Å²) in [6.07, 6.45) is 2.72. The highest BCUT2D eigenvalue weighted by atomic mass is 16.3. The molecule has 0 spiro atoms. The molecule has 1 N–H and O–H groups in total. The van der Waals surface area contributed by atoms with Crippen molar-refractivity contribution in [3.8, 4) is 5.75 Å². The van der Waals surface area contributed by atoms with Gasteiger partial charge in [0.2, 0.25) is 0 Å². The van der Waals surface area contributed by atoms with E-state index >= 15 is 0 Å². The van der Waals surface area contributed by atoms with Gasteiger partial charge in [-0.1, -0.05) is 6.07 Å². The van der Waals surface area contributed by atoms with Crippen molar-refractivity contribution in [1.29, 1.82) is 0 Å². The fourth-order valence-corrected chi connectivity index (χ4v) is 2.11. The van der Waals surface area contributed by atoms with E-state index in [4.69, 9.17) is 0 Å². The highest BCUT2D eigenvalue weighted by Gasteiger charge is 2.32. The first-order chi connectivity index (χ1) is 6.33. The summed E-state index contributed by atoms with van der Waals surface area (Å²) in [6, 6.07) is 6.56. The molecule has 1 saturated carbocycles. The molecule has 3 rings (SSSR count). The van der Waals surface area contributed by atoms with E-state index < -0.39 is 0 Å². The SMILES string of the molecule is Oc1ccc2c(c1)CN(C1CC1)C2. The Hall–Kier alpha value is -1.02. The first-order valence-corrected chi connectivity index (χ1v) is 4.88. The molecule has 68 valence electrons. The quantitative estimate of drug-likeness (QED) is 0.704. The second-order valence-electron chi connectivity index (χ2n) is 4.09. The molecule has 0 unspecified atom stereocenters. The summed E-state index contributed by atoms with van der Waals surface area (Å²) < 4.78 is 0. The predicted octanol–water partition coefficient (Wildman–Crippen LogP) is 1.87. The Bertz CT molecular complexity index is 344. The van der Waals surface area contributed by atoms with Crippen LogP contribution >= 0.6 is 0 Å². The van der Waals surface area contributed by atoms with Gasteiger partial charge in [0.05, 0.1) is 0 Å². The van der Waals surface area contributed by atoms with Gasteiger partial charge in [-0.3, -0.25) is 4.90 Å². The molecule has 2 heteroatoms. The molecule has 0 amide bonds. The lowest BCUT2D eigenvalue weighted by molar-refractivity contribution is 0.273. The number of fused-ring (bicyclic) bond motifs is 1. The maximum absolute atomic E-state index is 9.32. The van der Waals surface area contributed by atoms with Crippen molar-refractivity contribution in [2.24, 2.45) is 0 Å². The number of nitrogens with zero attached hydrogens (tertiary/aromatic N) is 1. The van der Waals surface area contributed by atoms with Crippen LogP contribution in [-0.4, -0.2) is 16.0 Å². The van der Waals surface area contributed by atoms with Crippen LogP contribution in [0.25, 0.3) is 0 Å².